The molecule has 2 aliphatic rings. The Morgan fingerprint density at radius 1 is 1.09 bits per heavy atom. The number of rotatable bonds is 4. The molecule has 0 aliphatic heterocycles. The topological polar surface area (TPSA) is 113 Å². The Morgan fingerprint density at radius 2 is 1.86 bits per heavy atom. The van der Waals surface area contributed by atoms with E-state index in [0.29, 0.717) is 17.5 Å². The first-order valence-electron chi connectivity index (χ1n) is 11.5. The number of aromatic amines is 1. The van der Waals surface area contributed by atoms with Crippen molar-refractivity contribution in [1.82, 2.24) is 35.3 Å². The van der Waals surface area contributed by atoms with Gasteiger partial charge in [0.25, 0.3) is 0 Å². The van der Waals surface area contributed by atoms with E-state index in [1.54, 1.807) is 19.2 Å². The zero-order valence-corrected chi connectivity index (χ0v) is 19.4. The van der Waals surface area contributed by atoms with E-state index in [2.05, 4.69) is 44.2 Å². The van der Waals surface area contributed by atoms with Crippen LogP contribution in [0.1, 0.15) is 68.4 Å². The summed E-state index contributed by atoms with van der Waals surface area (Å²) >= 11 is 0. The zero-order chi connectivity index (χ0) is 24.5. The summed E-state index contributed by atoms with van der Waals surface area (Å²) in [7, 11) is 0. The maximum atomic E-state index is 14.5. The fourth-order valence-corrected chi connectivity index (χ4v) is 6.03. The molecule has 8 nitrogen and oxygen atoms in total. The third kappa shape index (κ3) is 2.92. The van der Waals surface area contributed by atoms with Gasteiger partial charge in [0.1, 0.15) is 17.7 Å². The van der Waals surface area contributed by atoms with Gasteiger partial charge < -0.3 is 10.1 Å². The van der Waals surface area contributed by atoms with Crippen molar-refractivity contribution in [3.63, 3.8) is 0 Å². The molecule has 0 radical (unpaired) electrons. The highest BCUT2D eigenvalue weighted by Gasteiger charge is 2.65. The van der Waals surface area contributed by atoms with Gasteiger partial charge in [0.2, 0.25) is 0 Å². The van der Waals surface area contributed by atoms with Gasteiger partial charge in [-0.3, -0.25) is 0 Å². The number of nitrogens with one attached hydrogen (secondary N) is 1. The molecule has 1 fully saturated rings. The van der Waals surface area contributed by atoms with Crippen LogP contribution in [0.2, 0.25) is 0 Å². The zero-order valence-electron chi connectivity index (χ0n) is 19.4. The molecule has 0 spiro atoms. The molecular weight excluding hydrogens is 452 g/mol. The van der Waals surface area contributed by atoms with Crippen molar-refractivity contribution in [3.8, 4) is 22.9 Å². The van der Waals surface area contributed by atoms with Crippen LogP contribution in [-0.4, -0.2) is 40.5 Å². The van der Waals surface area contributed by atoms with Gasteiger partial charge in [-0.15, -0.1) is 15.3 Å². The number of hydrogen-bond donors (Lipinski definition) is 2. The number of hydrogen-bond acceptors (Lipinski definition) is 7. The van der Waals surface area contributed by atoms with Crippen molar-refractivity contribution >= 4 is 0 Å². The Balaban J connectivity index is 1.49. The Bertz CT molecular complexity index is 1450. The number of fused-ring (bicyclic) bond motifs is 5. The Kier molecular flexibility index (Phi) is 4.63. The highest BCUT2D eigenvalue weighted by Crippen LogP contribution is 2.69. The summed E-state index contributed by atoms with van der Waals surface area (Å²) in [6.07, 6.45) is 2.58. The lowest BCUT2D eigenvalue weighted by molar-refractivity contribution is 0.189. The molecule has 2 N–H and O–H groups in total. The summed E-state index contributed by atoms with van der Waals surface area (Å²) in [5, 5.41) is 26.7. The Morgan fingerprint density at radius 3 is 2.57 bits per heavy atom. The van der Waals surface area contributed by atoms with E-state index in [1.165, 1.54) is 18.2 Å². The minimum atomic E-state index is -0.794. The van der Waals surface area contributed by atoms with E-state index in [-0.39, 0.29) is 22.6 Å². The van der Waals surface area contributed by atoms with E-state index in [4.69, 9.17) is 4.98 Å². The minimum absolute atomic E-state index is 0.132. The molecular formula is C25H23F2N7O. The third-order valence-corrected chi connectivity index (χ3v) is 7.81. The summed E-state index contributed by atoms with van der Waals surface area (Å²) in [5.41, 5.74) is 1.72. The summed E-state index contributed by atoms with van der Waals surface area (Å²) in [6, 6.07) is 7.44. The van der Waals surface area contributed by atoms with Gasteiger partial charge in [0.15, 0.2) is 17.5 Å². The van der Waals surface area contributed by atoms with Crippen molar-refractivity contribution in [3.05, 3.63) is 70.9 Å². The number of aromatic nitrogens is 7. The van der Waals surface area contributed by atoms with Gasteiger partial charge in [-0.05, 0) is 60.9 Å². The first-order chi connectivity index (χ1) is 16.7. The Hall–Kier alpha value is -3.66. The molecule has 1 unspecified atom stereocenters. The van der Waals surface area contributed by atoms with Crippen LogP contribution in [0, 0.1) is 17.0 Å². The lowest BCUT2D eigenvalue weighted by atomic mass is 9.66. The molecule has 4 aromatic rings. The monoisotopic (exact) mass is 475 g/mol. The molecule has 6 rings (SSSR count). The second-order valence-corrected chi connectivity index (χ2v) is 9.85. The van der Waals surface area contributed by atoms with Crippen molar-refractivity contribution in [2.24, 2.45) is 5.41 Å². The standard InChI is InChI=1S/C25H23F2N7O/c1-12(35)21-30-23(34-33-21)22-28-10-8-18(29-22)25-9-7-14(24(25,2)3)13-11-17(31-32-20(13)25)19-15(26)5-4-6-16(19)27/h4-6,8,10-12,14,35H,7,9H2,1-3H3,(H,30,33,34)/t12?,14-,25+/m0/s1. The molecule has 0 amide bonds. The van der Waals surface area contributed by atoms with Crippen LogP contribution in [0.25, 0.3) is 22.9 Å². The smallest absolute Gasteiger partial charge is 0.199 e. The first-order valence-corrected chi connectivity index (χ1v) is 11.5. The van der Waals surface area contributed by atoms with Crippen LogP contribution in [0.3, 0.4) is 0 Å². The fraction of sp³-hybridized carbons (Fsp3) is 0.360. The quantitative estimate of drug-likeness (QED) is 0.454. The second kappa shape index (κ2) is 7.42. The van der Waals surface area contributed by atoms with E-state index < -0.39 is 23.2 Å². The number of H-pyrrole nitrogens is 1. The van der Waals surface area contributed by atoms with Gasteiger partial charge in [-0.2, -0.15) is 5.10 Å². The molecule has 0 saturated heterocycles. The number of nitrogens with zero attached hydrogens (tertiary/aromatic N) is 6. The van der Waals surface area contributed by atoms with Crippen LogP contribution in [0.4, 0.5) is 8.78 Å². The van der Waals surface area contributed by atoms with Crippen LogP contribution in [-0.2, 0) is 5.41 Å². The summed E-state index contributed by atoms with van der Waals surface area (Å²) in [4.78, 5) is 12.2. The fourth-order valence-electron chi connectivity index (χ4n) is 6.03. The largest absolute Gasteiger partial charge is 0.385 e. The number of aliphatic hydroxyl groups excluding tert-OH is 1. The molecule has 35 heavy (non-hydrogen) atoms. The van der Waals surface area contributed by atoms with Crippen LogP contribution in [0.15, 0.2) is 36.5 Å². The highest BCUT2D eigenvalue weighted by molar-refractivity contribution is 5.64. The molecule has 3 aromatic heterocycles. The summed E-state index contributed by atoms with van der Waals surface area (Å²) in [6.45, 7) is 5.95. The van der Waals surface area contributed by atoms with Gasteiger partial charge >= 0.3 is 0 Å². The lowest BCUT2D eigenvalue weighted by Gasteiger charge is -2.37. The van der Waals surface area contributed by atoms with Crippen LogP contribution in [0.5, 0.6) is 0 Å². The predicted molar refractivity (Wildman–Crippen MR) is 122 cm³/mol. The number of halogens is 2. The summed E-state index contributed by atoms with van der Waals surface area (Å²) in [5.74, 6) is -0.144. The molecule has 3 atom stereocenters. The molecule has 3 heterocycles. The van der Waals surface area contributed by atoms with Crippen molar-refractivity contribution in [2.75, 3.05) is 0 Å². The number of benzene rings is 1. The van der Waals surface area contributed by atoms with Gasteiger partial charge in [0.05, 0.1) is 28.1 Å². The first kappa shape index (κ1) is 21.8. The predicted octanol–water partition coefficient (Wildman–Crippen LogP) is 4.25. The van der Waals surface area contributed by atoms with Gasteiger partial charge in [-0.25, -0.2) is 18.7 Å². The molecule has 2 bridgehead atoms. The SMILES string of the molecule is CC(O)c1nnc(-c2nccc([C@]34CC[C@@H](c5cc(-c6c(F)cccc6F)nnc53)C4(C)C)n2)[nH]1. The molecule has 10 heteroatoms. The highest BCUT2D eigenvalue weighted by atomic mass is 19.1. The molecule has 178 valence electrons. The Labute approximate surface area is 199 Å². The minimum Gasteiger partial charge on any atom is -0.385 e. The second-order valence-electron chi connectivity index (χ2n) is 9.85. The van der Waals surface area contributed by atoms with E-state index in [9.17, 15) is 13.9 Å². The normalized spacial score (nSPS) is 22.9. The van der Waals surface area contributed by atoms with Crippen molar-refractivity contribution in [1.29, 1.82) is 0 Å². The average molecular weight is 476 g/mol. The van der Waals surface area contributed by atoms with Crippen LogP contribution < -0.4 is 0 Å². The summed E-state index contributed by atoms with van der Waals surface area (Å²) < 4.78 is 28.9. The van der Waals surface area contributed by atoms with E-state index >= 15 is 0 Å². The lowest BCUT2D eigenvalue weighted by Crippen LogP contribution is -2.38. The molecule has 1 saturated carbocycles. The van der Waals surface area contributed by atoms with E-state index in [1.807, 2.05) is 6.07 Å². The van der Waals surface area contributed by atoms with Crippen molar-refractivity contribution < 1.29 is 13.9 Å². The molecule has 2 aliphatic carbocycles. The maximum Gasteiger partial charge on any atom is 0.199 e. The number of aliphatic hydroxyl groups is 1. The van der Waals surface area contributed by atoms with Crippen LogP contribution >= 0.6 is 0 Å². The molecule has 1 aromatic carbocycles. The third-order valence-electron chi connectivity index (χ3n) is 7.81. The van der Waals surface area contributed by atoms with Gasteiger partial charge in [-0.1, -0.05) is 19.9 Å². The van der Waals surface area contributed by atoms with E-state index in [0.717, 1.165) is 29.8 Å². The van der Waals surface area contributed by atoms with Crippen molar-refractivity contribution in [2.45, 2.75) is 51.0 Å². The maximum absolute atomic E-state index is 14.5. The average Bonchev–Trinajstić information content (AvgIpc) is 3.48. The van der Waals surface area contributed by atoms with Gasteiger partial charge in [0, 0.05) is 6.20 Å².